The van der Waals surface area contributed by atoms with Gasteiger partial charge in [-0.2, -0.15) is 0 Å². The zero-order valence-electron chi connectivity index (χ0n) is 10.9. The van der Waals surface area contributed by atoms with Gasteiger partial charge in [-0.05, 0) is 25.0 Å². The van der Waals surface area contributed by atoms with Crippen molar-refractivity contribution in [2.75, 3.05) is 0 Å². The Morgan fingerprint density at radius 3 is 2.58 bits per heavy atom. The van der Waals surface area contributed by atoms with Crippen molar-refractivity contribution in [3.05, 3.63) is 29.0 Å². The fourth-order valence-electron chi connectivity index (χ4n) is 3.15. The lowest BCUT2D eigenvalue weighted by atomic mass is 10.1. The molecule has 1 aromatic heterocycles. The van der Waals surface area contributed by atoms with E-state index in [1.807, 2.05) is 12.1 Å². The van der Waals surface area contributed by atoms with Gasteiger partial charge in [0.05, 0.1) is 16.4 Å². The van der Waals surface area contributed by atoms with Gasteiger partial charge < -0.3 is 4.57 Å². The summed E-state index contributed by atoms with van der Waals surface area (Å²) in [5.74, 6) is 1.40. The third kappa shape index (κ3) is 2.48. The molecule has 1 saturated carbocycles. The van der Waals surface area contributed by atoms with Gasteiger partial charge in [0, 0.05) is 6.04 Å². The maximum absolute atomic E-state index is 6.25. The van der Waals surface area contributed by atoms with Crippen LogP contribution < -0.4 is 0 Å². The second-order valence-electron chi connectivity index (χ2n) is 5.28. The lowest BCUT2D eigenvalue weighted by Gasteiger charge is -2.19. The van der Waals surface area contributed by atoms with E-state index >= 15 is 0 Å². The van der Waals surface area contributed by atoms with Gasteiger partial charge in [0.2, 0.25) is 0 Å². The Morgan fingerprint density at radius 1 is 1.16 bits per heavy atom. The van der Waals surface area contributed by atoms with Crippen LogP contribution in [0.25, 0.3) is 11.0 Å². The number of hydrogen-bond donors (Lipinski definition) is 0. The van der Waals surface area contributed by atoms with Crippen molar-refractivity contribution in [3.63, 3.8) is 0 Å². The maximum Gasteiger partial charge on any atom is 0.125 e. The van der Waals surface area contributed by atoms with Crippen molar-refractivity contribution >= 4 is 34.2 Å². The molecule has 1 heterocycles. The molecule has 2 aromatic rings. The fraction of sp³-hybridized carbons (Fsp3) is 0.533. The van der Waals surface area contributed by atoms with Crippen molar-refractivity contribution < 1.29 is 0 Å². The first-order chi connectivity index (χ1) is 9.31. The van der Waals surface area contributed by atoms with Crippen LogP contribution in [0, 0.1) is 0 Å². The van der Waals surface area contributed by atoms with Crippen molar-refractivity contribution in [2.24, 2.45) is 0 Å². The van der Waals surface area contributed by atoms with Gasteiger partial charge in [0.1, 0.15) is 11.3 Å². The second kappa shape index (κ2) is 5.72. The van der Waals surface area contributed by atoms with Crippen LogP contribution >= 0.6 is 23.2 Å². The minimum absolute atomic E-state index is 0.446. The summed E-state index contributed by atoms with van der Waals surface area (Å²) in [6.07, 6.45) is 7.74. The van der Waals surface area contributed by atoms with E-state index in [4.69, 9.17) is 23.2 Å². The summed E-state index contributed by atoms with van der Waals surface area (Å²) in [5.41, 5.74) is 2.03. The minimum atomic E-state index is 0.446. The average molecular weight is 297 g/mol. The summed E-state index contributed by atoms with van der Waals surface area (Å²) < 4.78 is 2.33. The number of alkyl halides is 1. The number of benzene rings is 1. The molecule has 0 aliphatic heterocycles. The van der Waals surface area contributed by atoms with Crippen LogP contribution in [0.2, 0.25) is 5.02 Å². The number of aromatic nitrogens is 2. The first-order valence-corrected chi connectivity index (χ1v) is 7.94. The quantitative estimate of drug-likeness (QED) is 0.541. The van der Waals surface area contributed by atoms with Crippen molar-refractivity contribution in [2.45, 2.75) is 50.4 Å². The number of para-hydroxylation sites is 1. The Kier molecular flexibility index (Phi) is 3.99. The molecule has 0 amide bonds. The summed E-state index contributed by atoms with van der Waals surface area (Å²) in [6.45, 7) is 0. The second-order valence-corrected chi connectivity index (χ2v) is 5.96. The molecule has 0 atom stereocenters. The third-order valence-electron chi connectivity index (χ3n) is 4.05. The van der Waals surface area contributed by atoms with E-state index in [0.29, 0.717) is 11.9 Å². The van der Waals surface area contributed by atoms with E-state index in [1.165, 1.54) is 38.5 Å². The molecule has 19 heavy (non-hydrogen) atoms. The smallest absolute Gasteiger partial charge is 0.125 e. The molecule has 1 aromatic carbocycles. The topological polar surface area (TPSA) is 17.8 Å². The Hall–Kier alpha value is -0.730. The van der Waals surface area contributed by atoms with E-state index < -0.39 is 0 Å². The van der Waals surface area contributed by atoms with Gasteiger partial charge in [-0.15, -0.1) is 11.6 Å². The van der Waals surface area contributed by atoms with E-state index in [0.717, 1.165) is 21.9 Å². The zero-order chi connectivity index (χ0) is 13.2. The van der Waals surface area contributed by atoms with Crippen molar-refractivity contribution in [3.8, 4) is 0 Å². The molecule has 1 aliphatic rings. The molecule has 102 valence electrons. The van der Waals surface area contributed by atoms with E-state index in [9.17, 15) is 0 Å². The molecule has 0 bridgehead atoms. The summed E-state index contributed by atoms with van der Waals surface area (Å²) in [5, 5.41) is 0.719. The molecule has 0 spiro atoms. The van der Waals surface area contributed by atoms with Gasteiger partial charge in [0.15, 0.2) is 0 Å². The first-order valence-electron chi connectivity index (χ1n) is 7.02. The minimum Gasteiger partial charge on any atom is -0.324 e. The largest absolute Gasteiger partial charge is 0.324 e. The highest BCUT2D eigenvalue weighted by Gasteiger charge is 2.20. The fourth-order valence-corrected chi connectivity index (χ4v) is 3.55. The van der Waals surface area contributed by atoms with Crippen molar-refractivity contribution in [1.29, 1.82) is 0 Å². The highest BCUT2D eigenvalue weighted by atomic mass is 35.5. The van der Waals surface area contributed by atoms with Gasteiger partial charge in [0.25, 0.3) is 0 Å². The number of fused-ring (bicyclic) bond motifs is 1. The van der Waals surface area contributed by atoms with Crippen molar-refractivity contribution in [1.82, 2.24) is 9.55 Å². The highest BCUT2D eigenvalue weighted by Crippen LogP contribution is 2.33. The zero-order valence-corrected chi connectivity index (χ0v) is 12.4. The van der Waals surface area contributed by atoms with Gasteiger partial charge in [-0.25, -0.2) is 4.98 Å². The molecule has 1 fully saturated rings. The number of nitrogens with zero attached hydrogens (tertiary/aromatic N) is 2. The predicted molar refractivity (Wildman–Crippen MR) is 81.0 cm³/mol. The highest BCUT2D eigenvalue weighted by molar-refractivity contribution is 6.35. The van der Waals surface area contributed by atoms with Crippen LogP contribution in [-0.4, -0.2) is 9.55 Å². The van der Waals surface area contributed by atoms with Gasteiger partial charge in [-0.3, -0.25) is 0 Å². The Bertz CT molecular complexity index is 569. The lowest BCUT2D eigenvalue weighted by Crippen LogP contribution is -2.11. The normalized spacial score (nSPS) is 17.8. The molecule has 0 radical (unpaired) electrons. The maximum atomic E-state index is 6.25. The molecule has 2 nitrogen and oxygen atoms in total. The van der Waals surface area contributed by atoms with E-state index in [1.54, 1.807) is 0 Å². The summed E-state index contributed by atoms with van der Waals surface area (Å²) in [7, 11) is 0. The van der Waals surface area contributed by atoms with Gasteiger partial charge >= 0.3 is 0 Å². The molecular weight excluding hydrogens is 279 g/mol. The number of imidazole rings is 1. The monoisotopic (exact) mass is 296 g/mol. The van der Waals surface area contributed by atoms with Crippen LogP contribution in [0.4, 0.5) is 0 Å². The molecule has 0 N–H and O–H groups in total. The van der Waals surface area contributed by atoms with Crippen LogP contribution in [0.3, 0.4) is 0 Å². The molecule has 4 heteroatoms. The predicted octanol–water partition coefficient (Wildman–Crippen LogP) is 5.32. The summed E-state index contributed by atoms with van der Waals surface area (Å²) in [4.78, 5) is 4.64. The third-order valence-corrected chi connectivity index (χ3v) is 4.60. The average Bonchev–Trinajstić information content (AvgIpc) is 2.61. The molecule has 0 unspecified atom stereocenters. The number of halogens is 2. The summed E-state index contributed by atoms with van der Waals surface area (Å²) in [6, 6.07) is 6.53. The Morgan fingerprint density at radius 2 is 1.89 bits per heavy atom. The number of rotatable bonds is 2. The molecular formula is C15H18Cl2N2. The van der Waals surface area contributed by atoms with Crippen LogP contribution in [0.5, 0.6) is 0 Å². The SMILES string of the molecule is ClCc1nc2c(Cl)cccc2n1C1CCCCCC1. The van der Waals surface area contributed by atoms with Gasteiger partial charge in [-0.1, -0.05) is 43.4 Å². The Balaban J connectivity index is 2.12. The van der Waals surface area contributed by atoms with Crippen LogP contribution in [0.15, 0.2) is 18.2 Å². The number of hydrogen-bond acceptors (Lipinski definition) is 1. The standard InChI is InChI=1S/C15H18Cl2N2/c16-10-14-18-15-12(17)8-5-9-13(15)19(14)11-6-3-1-2-4-7-11/h5,8-9,11H,1-4,6-7,10H2. The lowest BCUT2D eigenvalue weighted by molar-refractivity contribution is 0.444. The molecule has 1 aliphatic carbocycles. The first kappa shape index (κ1) is 13.3. The van der Waals surface area contributed by atoms with E-state index in [2.05, 4.69) is 15.6 Å². The van der Waals surface area contributed by atoms with E-state index in [-0.39, 0.29) is 0 Å². The summed E-state index contributed by atoms with van der Waals surface area (Å²) >= 11 is 12.3. The molecule has 3 rings (SSSR count). The Labute approximate surface area is 123 Å². The van der Waals surface area contributed by atoms with Crippen LogP contribution in [0.1, 0.15) is 50.4 Å². The molecule has 0 saturated heterocycles. The van der Waals surface area contributed by atoms with Crippen LogP contribution in [-0.2, 0) is 5.88 Å².